The standard InChI is InChI=1S/C17H18ClNO4S/c18-15-7-5-14(24-15)6-8-16(20)19-10-9-12-1-3-13(4-2-12)23-11-17(21)22/h1-5,7H,6,8-11H2,(H,19,20)(H,21,22). The molecule has 0 fully saturated rings. The van der Waals surface area contributed by atoms with Crippen molar-refractivity contribution in [1.29, 1.82) is 0 Å². The summed E-state index contributed by atoms with van der Waals surface area (Å²) >= 11 is 7.35. The first-order valence-corrected chi connectivity index (χ1v) is 8.67. The molecular weight excluding hydrogens is 350 g/mol. The maximum Gasteiger partial charge on any atom is 0.341 e. The van der Waals surface area contributed by atoms with Gasteiger partial charge in [0.25, 0.3) is 0 Å². The Balaban J connectivity index is 1.65. The van der Waals surface area contributed by atoms with Gasteiger partial charge in [0, 0.05) is 17.8 Å². The summed E-state index contributed by atoms with van der Waals surface area (Å²) in [6.45, 7) is 0.199. The molecule has 128 valence electrons. The van der Waals surface area contributed by atoms with E-state index >= 15 is 0 Å². The maximum atomic E-state index is 11.8. The van der Waals surface area contributed by atoms with Crippen LogP contribution in [0.2, 0.25) is 4.34 Å². The molecule has 2 aromatic rings. The quantitative estimate of drug-likeness (QED) is 0.713. The van der Waals surface area contributed by atoms with Gasteiger partial charge in [-0.3, -0.25) is 4.79 Å². The van der Waals surface area contributed by atoms with E-state index < -0.39 is 5.97 Å². The number of aliphatic carboxylic acids is 1. The number of carboxylic acids is 1. The Bertz CT molecular complexity index is 684. The molecule has 24 heavy (non-hydrogen) atoms. The zero-order valence-corrected chi connectivity index (χ0v) is 14.5. The first kappa shape index (κ1) is 18.3. The monoisotopic (exact) mass is 367 g/mol. The number of carbonyl (C=O) groups is 2. The summed E-state index contributed by atoms with van der Waals surface area (Å²) in [5, 5.41) is 11.4. The molecule has 0 radical (unpaired) electrons. The smallest absolute Gasteiger partial charge is 0.341 e. The van der Waals surface area contributed by atoms with Gasteiger partial charge in [-0.25, -0.2) is 4.79 Å². The third-order valence-corrected chi connectivity index (χ3v) is 4.54. The van der Waals surface area contributed by atoms with E-state index in [1.54, 1.807) is 12.1 Å². The van der Waals surface area contributed by atoms with Crippen LogP contribution < -0.4 is 10.1 Å². The van der Waals surface area contributed by atoms with Crippen LogP contribution in [0.1, 0.15) is 16.9 Å². The Labute approximate surface area is 149 Å². The van der Waals surface area contributed by atoms with Crippen molar-refractivity contribution in [3.8, 4) is 5.75 Å². The minimum atomic E-state index is -1.01. The van der Waals surface area contributed by atoms with Crippen LogP contribution in [0.25, 0.3) is 0 Å². The summed E-state index contributed by atoms with van der Waals surface area (Å²) in [4.78, 5) is 23.3. The summed E-state index contributed by atoms with van der Waals surface area (Å²) in [6.07, 6.45) is 1.84. The van der Waals surface area contributed by atoms with Gasteiger partial charge in [0.05, 0.1) is 4.34 Å². The molecule has 0 saturated carbocycles. The second-order valence-electron chi connectivity index (χ2n) is 5.13. The average molecular weight is 368 g/mol. The highest BCUT2D eigenvalue weighted by Crippen LogP contribution is 2.22. The lowest BCUT2D eigenvalue weighted by Gasteiger charge is -2.07. The number of halogens is 1. The van der Waals surface area contributed by atoms with Gasteiger partial charge in [-0.15, -0.1) is 11.3 Å². The minimum absolute atomic E-state index is 0.0148. The topological polar surface area (TPSA) is 75.6 Å². The minimum Gasteiger partial charge on any atom is -0.482 e. The van der Waals surface area contributed by atoms with E-state index in [0.717, 1.165) is 14.8 Å². The first-order valence-electron chi connectivity index (χ1n) is 7.47. The molecule has 0 atom stereocenters. The van der Waals surface area contributed by atoms with Crippen molar-refractivity contribution in [3.63, 3.8) is 0 Å². The van der Waals surface area contributed by atoms with Gasteiger partial charge in [0.2, 0.25) is 5.91 Å². The van der Waals surface area contributed by atoms with Crippen molar-refractivity contribution < 1.29 is 19.4 Å². The highest BCUT2D eigenvalue weighted by Gasteiger charge is 2.04. The highest BCUT2D eigenvalue weighted by atomic mass is 35.5. The van der Waals surface area contributed by atoms with Crippen LogP contribution in [0.5, 0.6) is 5.75 Å². The Morgan fingerprint density at radius 3 is 2.50 bits per heavy atom. The number of hydrogen-bond donors (Lipinski definition) is 2. The molecule has 2 N–H and O–H groups in total. The lowest BCUT2D eigenvalue weighted by molar-refractivity contribution is -0.139. The molecule has 7 heteroatoms. The number of carboxylic acid groups (broad SMARTS) is 1. The van der Waals surface area contributed by atoms with Crippen LogP contribution in [0.15, 0.2) is 36.4 Å². The summed E-state index contributed by atoms with van der Waals surface area (Å²) in [5.74, 6) is -0.479. The molecule has 0 spiro atoms. The normalized spacial score (nSPS) is 10.4. The number of aryl methyl sites for hydroxylation is 1. The van der Waals surface area contributed by atoms with Gasteiger partial charge < -0.3 is 15.2 Å². The van der Waals surface area contributed by atoms with Crippen LogP contribution in [0.4, 0.5) is 0 Å². The molecule has 0 aliphatic heterocycles. The molecular formula is C17H18ClNO4S. The van der Waals surface area contributed by atoms with Gasteiger partial charge in [-0.1, -0.05) is 23.7 Å². The first-order chi connectivity index (χ1) is 11.5. The van der Waals surface area contributed by atoms with Crippen molar-refractivity contribution >= 4 is 34.8 Å². The number of thiophene rings is 1. The van der Waals surface area contributed by atoms with Gasteiger partial charge in [-0.2, -0.15) is 0 Å². The summed E-state index contributed by atoms with van der Waals surface area (Å²) in [5.41, 5.74) is 1.04. The maximum absolute atomic E-state index is 11.8. The van der Waals surface area contributed by atoms with Crippen molar-refractivity contribution in [2.24, 2.45) is 0 Å². The Hall–Kier alpha value is -2.05. The molecule has 0 aliphatic carbocycles. The third-order valence-electron chi connectivity index (χ3n) is 3.25. The lowest BCUT2D eigenvalue weighted by Crippen LogP contribution is -2.25. The molecule has 1 aromatic carbocycles. The molecule has 1 aromatic heterocycles. The predicted octanol–water partition coefficient (Wildman–Crippen LogP) is 3.16. The van der Waals surface area contributed by atoms with Crippen LogP contribution in [-0.2, 0) is 22.4 Å². The Morgan fingerprint density at radius 1 is 1.12 bits per heavy atom. The number of nitrogens with one attached hydrogen (secondary N) is 1. The zero-order chi connectivity index (χ0) is 17.4. The number of amides is 1. The Kier molecular flexibility index (Phi) is 7.08. The number of carbonyl (C=O) groups excluding carboxylic acids is 1. The second-order valence-corrected chi connectivity index (χ2v) is 6.93. The van der Waals surface area contributed by atoms with E-state index in [1.165, 1.54) is 11.3 Å². The van der Waals surface area contributed by atoms with Crippen molar-refractivity contribution in [2.45, 2.75) is 19.3 Å². The molecule has 2 rings (SSSR count). The molecule has 0 saturated heterocycles. The van der Waals surface area contributed by atoms with Crippen LogP contribution in [0.3, 0.4) is 0 Å². The van der Waals surface area contributed by atoms with Crippen molar-refractivity contribution in [1.82, 2.24) is 5.32 Å². The van der Waals surface area contributed by atoms with Gasteiger partial charge in [0.15, 0.2) is 6.61 Å². The molecule has 0 unspecified atom stereocenters. The van der Waals surface area contributed by atoms with E-state index in [1.807, 2.05) is 24.3 Å². The van der Waals surface area contributed by atoms with Gasteiger partial charge in [0.1, 0.15) is 5.75 Å². The molecule has 1 amide bonds. The van der Waals surface area contributed by atoms with Crippen LogP contribution >= 0.6 is 22.9 Å². The Morgan fingerprint density at radius 2 is 1.88 bits per heavy atom. The van der Waals surface area contributed by atoms with Gasteiger partial charge >= 0.3 is 5.97 Å². The fraction of sp³-hybridized carbons (Fsp3) is 0.294. The molecule has 0 aliphatic rings. The highest BCUT2D eigenvalue weighted by molar-refractivity contribution is 7.16. The van der Waals surface area contributed by atoms with E-state index in [4.69, 9.17) is 21.4 Å². The largest absolute Gasteiger partial charge is 0.482 e. The number of ether oxygens (including phenoxy) is 1. The van der Waals surface area contributed by atoms with E-state index in [9.17, 15) is 9.59 Å². The summed E-state index contributed by atoms with van der Waals surface area (Å²) in [6, 6.07) is 10.9. The van der Waals surface area contributed by atoms with E-state index in [0.29, 0.717) is 31.6 Å². The average Bonchev–Trinajstić information content (AvgIpc) is 2.97. The molecule has 0 bridgehead atoms. The van der Waals surface area contributed by atoms with Crippen molar-refractivity contribution in [3.05, 3.63) is 51.2 Å². The molecule has 1 heterocycles. The number of benzene rings is 1. The number of hydrogen-bond acceptors (Lipinski definition) is 4. The van der Waals surface area contributed by atoms with Gasteiger partial charge in [-0.05, 0) is 42.7 Å². The predicted molar refractivity (Wildman–Crippen MR) is 93.9 cm³/mol. The number of rotatable bonds is 9. The summed E-state index contributed by atoms with van der Waals surface area (Å²) in [7, 11) is 0. The van der Waals surface area contributed by atoms with E-state index in [-0.39, 0.29) is 12.5 Å². The lowest BCUT2D eigenvalue weighted by atomic mass is 10.1. The fourth-order valence-corrected chi connectivity index (χ4v) is 3.14. The molecule has 5 nitrogen and oxygen atoms in total. The van der Waals surface area contributed by atoms with Crippen LogP contribution in [0, 0.1) is 0 Å². The third kappa shape index (κ3) is 6.60. The van der Waals surface area contributed by atoms with E-state index in [2.05, 4.69) is 5.32 Å². The van der Waals surface area contributed by atoms with Crippen LogP contribution in [-0.4, -0.2) is 30.1 Å². The SMILES string of the molecule is O=C(O)COc1ccc(CCNC(=O)CCc2ccc(Cl)s2)cc1. The van der Waals surface area contributed by atoms with Crippen molar-refractivity contribution in [2.75, 3.05) is 13.2 Å². The second kappa shape index (κ2) is 9.30. The zero-order valence-electron chi connectivity index (χ0n) is 13.0. The summed E-state index contributed by atoms with van der Waals surface area (Å²) < 4.78 is 5.80. The fourth-order valence-electron chi connectivity index (χ4n) is 2.05.